The standard InChI is InChI=1S/C18H14ClFN2OS/c1-3-10-22-16-11(2)14(19)8-9-15(16)24-18(22)21-17(23)12-4-6-13(20)7-5-12/h3-9H,1,10H2,2H3. The van der Waals surface area contributed by atoms with E-state index in [1.165, 1.54) is 35.6 Å². The fourth-order valence-corrected chi connectivity index (χ4v) is 3.69. The van der Waals surface area contributed by atoms with Crippen molar-refractivity contribution in [3.63, 3.8) is 0 Å². The smallest absolute Gasteiger partial charge is 0.279 e. The zero-order chi connectivity index (χ0) is 17.3. The summed E-state index contributed by atoms with van der Waals surface area (Å²) in [5.74, 6) is -0.802. The number of allylic oxidation sites excluding steroid dienone is 1. The molecule has 0 N–H and O–H groups in total. The summed E-state index contributed by atoms with van der Waals surface area (Å²) in [4.78, 5) is 17.1. The van der Waals surface area contributed by atoms with Gasteiger partial charge in [-0.1, -0.05) is 29.0 Å². The number of hydrogen-bond donors (Lipinski definition) is 0. The van der Waals surface area contributed by atoms with Gasteiger partial charge in [-0.2, -0.15) is 4.99 Å². The Balaban J connectivity index is 2.19. The Labute approximate surface area is 147 Å². The SMILES string of the molecule is C=CCn1c(=NC(=O)c2ccc(F)cc2)sc2ccc(Cl)c(C)c21. The molecule has 0 unspecified atom stereocenters. The topological polar surface area (TPSA) is 34.4 Å². The Morgan fingerprint density at radius 3 is 2.71 bits per heavy atom. The van der Waals surface area contributed by atoms with Crippen LogP contribution >= 0.6 is 22.9 Å². The fraction of sp³-hybridized carbons (Fsp3) is 0.111. The third-order valence-corrected chi connectivity index (χ3v) is 5.08. The highest BCUT2D eigenvalue weighted by Crippen LogP contribution is 2.27. The lowest BCUT2D eigenvalue weighted by atomic mass is 10.2. The number of aromatic nitrogens is 1. The van der Waals surface area contributed by atoms with Crippen LogP contribution in [-0.2, 0) is 6.54 Å². The first-order valence-corrected chi connectivity index (χ1v) is 8.44. The van der Waals surface area contributed by atoms with Gasteiger partial charge in [-0.25, -0.2) is 4.39 Å². The van der Waals surface area contributed by atoms with Gasteiger partial charge in [0.1, 0.15) is 5.82 Å². The number of carbonyl (C=O) groups excluding carboxylic acids is 1. The summed E-state index contributed by atoms with van der Waals surface area (Å²) in [6.07, 6.45) is 1.74. The van der Waals surface area contributed by atoms with Crippen molar-refractivity contribution < 1.29 is 9.18 Å². The van der Waals surface area contributed by atoms with Crippen LogP contribution in [0.3, 0.4) is 0 Å². The molecular formula is C18H14ClFN2OS. The summed E-state index contributed by atoms with van der Waals surface area (Å²) >= 11 is 7.63. The second-order valence-electron chi connectivity index (χ2n) is 5.23. The summed E-state index contributed by atoms with van der Waals surface area (Å²) in [5.41, 5.74) is 2.22. The maximum absolute atomic E-state index is 13.0. The van der Waals surface area contributed by atoms with Crippen molar-refractivity contribution in [2.75, 3.05) is 0 Å². The minimum atomic E-state index is -0.414. The molecule has 0 saturated carbocycles. The zero-order valence-corrected chi connectivity index (χ0v) is 14.5. The monoisotopic (exact) mass is 360 g/mol. The molecule has 0 aliphatic heterocycles. The Kier molecular flexibility index (Phi) is 4.64. The molecule has 6 heteroatoms. The summed E-state index contributed by atoms with van der Waals surface area (Å²) in [6.45, 7) is 6.21. The molecule has 0 spiro atoms. The van der Waals surface area contributed by atoms with E-state index in [0.717, 1.165) is 15.8 Å². The van der Waals surface area contributed by atoms with Crippen LogP contribution in [0.5, 0.6) is 0 Å². The van der Waals surface area contributed by atoms with Gasteiger partial charge in [0, 0.05) is 17.1 Å². The van der Waals surface area contributed by atoms with Gasteiger partial charge in [0.25, 0.3) is 5.91 Å². The van der Waals surface area contributed by atoms with Gasteiger partial charge in [0.15, 0.2) is 4.80 Å². The molecule has 24 heavy (non-hydrogen) atoms. The van der Waals surface area contributed by atoms with Crippen molar-refractivity contribution in [3.8, 4) is 0 Å². The predicted molar refractivity (Wildman–Crippen MR) is 96.1 cm³/mol. The van der Waals surface area contributed by atoms with Gasteiger partial charge >= 0.3 is 0 Å². The molecule has 0 radical (unpaired) electrons. The van der Waals surface area contributed by atoms with Gasteiger partial charge in [0.05, 0.1) is 10.2 Å². The maximum atomic E-state index is 13.0. The first kappa shape index (κ1) is 16.6. The highest BCUT2D eigenvalue weighted by atomic mass is 35.5. The van der Waals surface area contributed by atoms with Gasteiger partial charge < -0.3 is 4.57 Å². The average Bonchev–Trinajstić information content (AvgIpc) is 2.90. The number of fused-ring (bicyclic) bond motifs is 1. The second-order valence-corrected chi connectivity index (χ2v) is 6.64. The highest BCUT2D eigenvalue weighted by molar-refractivity contribution is 7.16. The fourth-order valence-electron chi connectivity index (χ4n) is 2.44. The van der Waals surface area contributed by atoms with Crippen molar-refractivity contribution in [1.82, 2.24) is 4.57 Å². The van der Waals surface area contributed by atoms with Gasteiger partial charge in [-0.3, -0.25) is 4.79 Å². The third kappa shape index (κ3) is 3.05. The number of aryl methyl sites for hydroxylation is 1. The van der Waals surface area contributed by atoms with E-state index in [0.29, 0.717) is 21.9 Å². The number of nitrogens with zero attached hydrogens (tertiary/aromatic N) is 2. The van der Waals surface area contributed by atoms with Crippen molar-refractivity contribution in [1.29, 1.82) is 0 Å². The van der Waals surface area contributed by atoms with Crippen LogP contribution in [0.25, 0.3) is 10.2 Å². The van der Waals surface area contributed by atoms with E-state index in [2.05, 4.69) is 11.6 Å². The van der Waals surface area contributed by atoms with E-state index >= 15 is 0 Å². The van der Waals surface area contributed by atoms with E-state index < -0.39 is 5.91 Å². The van der Waals surface area contributed by atoms with Crippen LogP contribution in [0.2, 0.25) is 5.02 Å². The lowest BCUT2D eigenvalue weighted by Gasteiger charge is -2.05. The molecule has 0 aliphatic rings. The van der Waals surface area contributed by atoms with Crippen molar-refractivity contribution in [2.24, 2.45) is 4.99 Å². The van der Waals surface area contributed by atoms with Crippen molar-refractivity contribution in [2.45, 2.75) is 13.5 Å². The minimum Gasteiger partial charge on any atom is -0.312 e. The molecule has 0 fully saturated rings. The largest absolute Gasteiger partial charge is 0.312 e. The molecule has 0 atom stereocenters. The molecular weight excluding hydrogens is 347 g/mol. The Morgan fingerprint density at radius 2 is 2.04 bits per heavy atom. The van der Waals surface area contributed by atoms with Gasteiger partial charge in [-0.05, 0) is 48.9 Å². The Bertz CT molecular complexity index is 1000. The first-order valence-electron chi connectivity index (χ1n) is 7.25. The number of halogens is 2. The minimum absolute atomic E-state index is 0.341. The van der Waals surface area contributed by atoms with Crippen molar-refractivity contribution >= 4 is 39.1 Å². The van der Waals surface area contributed by atoms with E-state index in [1.807, 2.05) is 23.6 Å². The van der Waals surface area contributed by atoms with E-state index in [9.17, 15) is 9.18 Å². The van der Waals surface area contributed by atoms with Crippen LogP contribution in [0, 0.1) is 12.7 Å². The average molecular weight is 361 g/mol. The normalized spacial score (nSPS) is 11.9. The molecule has 3 rings (SSSR count). The lowest BCUT2D eigenvalue weighted by molar-refractivity contribution is 0.0998. The Morgan fingerprint density at radius 1 is 1.33 bits per heavy atom. The number of thiazole rings is 1. The maximum Gasteiger partial charge on any atom is 0.279 e. The first-order chi connectivity index (χ1) is 11.5. The summed E-state index contributed by atoms with van der Waals surface area (Å²) in [7, 11) is 0. The summed E-state index contributed by atoms with van der Waals surface area (Å²) in [6, 6.07) is 9.09. The molecule has 0 saturated heterocycles. The predicted octanol–water partition coefficient (Wildman–Crippen LogP) is 4.73. The van der Waals surface area contributed by atoms with E-state index in [-0.39, 0.29) is 5.82 Å². The number of hydrogen-bond acceptors (Lipinski definition) is 2. The lowest BCUT2D eigenvalue weighted by Crippen LogP contribution is -2.16. The van der Waals surface area contributed by atoms with E-state index in [4.69, 9.17) is 11.6 Å². The molecule has 0 aliphatic carbocycles. The second kappa shape index (κ2) is 6.71. The summed E-state index contributed by atoms with van der Waals surface area (Å²) in [5, 5.41) is 0.662. The number of carbonyl (C=O) groups is 1. The third-order valence-electron chi connectivity index (χ3n) is 3.63. The number of rotatable bonds is 3. The van der Waals surface area contributed by atoms with Crippen LogP contribution in [-0.4, -0.2) is 10.5 Å². The van der Waals surface area contributed by atoms with Gasteiger partial charge in [-0.15, -0.1) is 6.58 Å². The van der Waals surface area contributed by atoms with Crippen LogP contribution in [0.15, 0.2) is 54.0 Å². The van der Waals surface area contributed by atoms with Crippen LogP contribution in [0.1, 0.15) is 15.9 Å². The Hall–Kier alpha value is -2.24. The van der Waals surface area contributed by atoms with E-state index in [1.54, 1.807) is 6.08 Å². The molecule has 3 nitrogen and oxygen atoms in total. The molecule has 0 bridgehead atoms. The number of amides is 1. The molecule has 122 valence electrons. The molecule has 1 heterocycles. The molecule has 1 amide bonds. The van der Waals surface area contributed by atoms with Gasteiger partial charge in [0.2, 0.25) is 0 Å². The number of benzene rings is 2. The molecule has 1 aromatic heterocycles. The zero-order valence-electron chi connectivity index (χ0n) is 12.9. The molecule has 2 aromatic carbocycles. The molecule has 3 aromatic rings. The van der Waals surface area contributed by atoms with Crippen LogP contribution in [0.4, 0.5) is 4.39 Å². The van der Waals surface area contributed by atoms with Crippen molar-refractivity contribution in [3.05, 3.63) is 75.8 Å². The quantitative estimate of drug-likeness (QED) is 0.622. The summed E-state index contributed by atoms with van der Waals surface area (Å²) < 4.78 is 15.9. The van der Waals surface area contributed by atoms with Crippen LogP contribution < -0.4 is 4.80 Å². The highest BCUT2D eigenvalue weighted by Gasteiger charge is 2.12.